The van der Waals surface area contributed by atoms with Gasteiger partial charge in [0.25, 0.3) is 0 Å². The number of carbonyl (C=O) groups is 2. The summed E-state index contributed by atoms with van der Waals surface area (Å²) in [7, 11) is 0. The molecule has 1 unspecified atom stereocenters. The SMILES string of the molecule is CC(C)(C)OC(=O)N1CCC(=O)C1c1ccc(F)cc1. The lowest BCUT2D eigenvalue weighted by molar-refractivity contribution is -0.120. The fourth-order valence-electron chi connectivity index (χ4n) is 2.20. The van der Waals surface area contributed by atoms with Crippen molar-refractivity contribution in [2.75, 3.05) is 6.54 Å². The van der Waals surface area contributed by atoms with Crippen LogP contribution in [0.4, 0.5) is 9.18 Å². The molecule has 0 aromatic heterocycles. The van der Waals surface area contributed by atoms with Gasteiger partial charge in [0.2, 0.25) is 0 Å². The number of ketones is 1. The molecule has 1 aliphatic heterocycles. The number of hydrogen-bond donors (Lipinski definition) is 0. The largest absolute Gasteiger partial charge is 0.444 e. The van der Waals surface area contributed by atoms with E-state index in [2.05, 4.69) is 0 Å². The van der Waals surface area contributed by atoms with Crippen LogP contribution < -0.4 is 0 Å². The molecule has 1 aromatic carbocycles. The summed E-state index contributed by atoms with van der Waals surface area (Å²) in [6, 6.07) is 4.95. The third-order valence-electron chi connectivity index (χ3n) is 3.03. The van der Waals surface area contributed by atoms with Crippen LogP contribution in [0.25, 0.3) is 0 Å². The molecule has 0 saturated carbocycles. The Bertz CT molecular complexity index is 519. The van der Waals surface area contributed by atoms with Crippen LogP contribution in [0.5, 0.6) is 0 Å². The summed E-state index contributed by atoms with van der Waals surface area (Å²) in [5.41, 5.74) is -0.00412. The molecule has 1 saturated heterocycles. The van der Waals surface area contributed by atoms with Crippen molar-refractivity contribution in [1.82, 2.24) is 4.90 Å². The molecule has 0 aliphatic carbocycles. The van der Waals surface area contributed by atoms with Crippen molar-refractivity contribution in [1.29, 1.82) is 0 Å². The normalized spacial score (nSPS) is 19.3. The average molecular weight is 279 g/mol. The second kappa shape index (κ2) is 5.23. The minimum absolute atomic E-state index is 0.0533. The number of amides is 1. The number of halogens is 1. The molecule has 0 bridgehead atoms. The highest BCUT2D eigenvalue weighted by Gasteiger charge is 2.38. The summed E-state index contributed by atoms with van der Waals surface area (Å²) in [6.07, 6.45) is -0.223. The van der Waals surface area contributed by atoms with Crippen molar-refractivity contribution in [2.45, 2.75) is 38.8 Å². The van der Waals surface area contributed by atoms with E-state index in [1.165, 1.54) is 29.2 Å². The zero-order valence-electron chi connectivity index (χ0n) is 11.9. The number of ether oxygens (including phenoxy) is 1. The molecule has 1 atom stereocenters. The van der Waals surface area contributed by atoms with Crippen molar-refractivity contribution < 1.29 is 18.7 Å². The smallest absolute Gasteiger partial charge is 0.411 e. The maximum Gasteiger partial charge on any atom is 0.411 e. The molecule has 1 aromatic rings. The zero-order chi connectivity index (χ0) is 14.9. The van der Waals surface area contributed by atoms with Crippen LogP contribution in [-0.2, 0) is 9.53 Å². The summed E-state index contributed by atoms with van der Waals surface area (Å²) >= 11 is 0. The summed E-state index contributed by atoms with van der Waals surface area (Å²) < 4.78 is 18.3. The van der Waals surface area contributed by atoms with Crippen molar-refractivity contribution in [3.05, 3.63) is 35.6 Å². The van der Waals surface area contributed by atoms with E-state index in [1.807, 2.05) is 0 Å². The minimum Gasteiger partial charge on any atom is -0.444 e. The Labute approximate surface area is 117 Å². The van der Waals surface area contributed by atoms with E-state index in [0.717, 1.165) is 0 Å². The topological polar surface area (TPSA) is 46.6 Å². The average Bonchev–Trinajstić information content (AvgIpc) is 2.70. The van der Waals surface area contributed by atoms with Crippen LogP contribution in [0, 0.1) is 5.82 Å². The Hall–Kier alpha value is -1.91. The standard InChI is InChI=1S/C15H18FNO3/c1-15(2,3)20-14(19)17-9-8-12(18)13(17)10-4-6-11(16)7-5-10/h4-7,13H,8-9H2,1-3H3. The molecule has 2 rings (SSSR count). The van der Waals surface area contributed by atoms with Gasteiger partial charge in [-0.2, -0.15) is 0 Å². The van der Waals surface area contributed by atoms with Gasteiger partial charge in [-0.05, 0) is 38.5 Å². The van der Waals surface area contributed by atoms with Gasteiger partial charge in [0.05, 0.1) is 0 Å². The lowest BCUT2D eigenvalue weighted by Gasteiger charge is -2.28. The van der Waals surface area contributed by atoms with Crippen LogP contribution in [0.1, 0.15) is 38.8 Å². The lowest BCUT2D eigenvalue weighted by atomic mass is 10.0. The predicted octanol–water partition coefficient (Wildman–Crippen LogP) is 3.08. The Morgan fingerprint density at radius 1 is 1.30 bits per heavy atom. The number of rotatable bonds is 1. The molecule has 20 heavy (non-hydrogen) atoms. The van der Waals surface area contributed by atoms with Crippen molar-refractivity contribution in [2.24, 2.45) is 0 Å². The second-order valence-electron chi connectivity index (χ2n) is 5.84. The minimum atomic E-state index is -0.676. The molecular formula is C15H18FNO3. The van der Waals surface area contributed by atoms with E-state index in [0.29, 0.717) is 18.5 Å². The molecule has 4 nitrogen and oxygen atoms in total. The van der Waals surface area contributed by atoms with Gasteiger partial charge in [-0.25, -0.2) is 9.18 Å². The third kappa shape index (κ3) is 3.15. The van der Waals surface area contributed by atoms with Gasteiger partial charge in [-0.3, -0.25) is 9.69 Å². The quantitative estimate of drug-likeness (QED) is 0.793. The number of benzene rings is 1. The number of likely N-dealkylation sites (tertiary alicyclic amines) is 1. The first-order chi connectivity index (χ1) is 9.28. The Morgan fingerprint density at radius 3 is 2.45 bits per heavy atom. The fourth-order valence-corrected chi connectivity index (χ4v) is 2.20. The molecular weight excluding hydrogens is 261 g/mol. The summed E-state index contributed by atoms with van der Waals surface area (Å²) in [5.74, 6) is -0.425. The van der Waals surface area contributed by atoms with Gasteiger partial charge in [-0.15, -0.1) is 0 Å². The first-order valence-electron chi connectivity index (χ1n) is 6.56. The fraction of sp³-hybridized carbons (Fsp3) is 0.467. The number of nitrogens with zero attached hydrogens (tertiary/aromatic N) is 1. The molecule has 1 fully saturated rings. The van der Waals surface area contributed by atoms with Gasteiger partial charge < -0.3 is 4.74 Å². The Morgan fingerprint density at radius 2 is 1.90 bits per heavy atom. The predicted molar refractivity (Wildman–Crippen MR) is 71.7 cm³/mol. The maximum absolute atomic E-state index is 13.0. The third-order valence-corrected chi connectivity index (χ3v) is 3.03. The highest BCUT2D eigenvalue weighted by molar-refractivity contribution is 5.91. The van der Waals surface area contributed by atoms with Crippen molar-refractivity contribution in [3.63, 3.8) is 0 Å². The van der Waals surface area contributed by atoms with Crippen LogP contribution >= 0.6 is 0 Å². The lowest BCUT2D eigenvalue weighted by Crippen LogP contribution is -2.37. The van der Waals surface area contributed by atoms with Gasteiger partial charge in [0.1, 0.15) is 17.5 Å². The molecule has 1 aliphatic rings. The van der Waals surface area contributed by atoms with Crippen molar-refractivity contribution in [3.8, 4) is 0 Å². The number of carbonyl (C=O) groups excluding carboxylic acids is 2. The molecule has 108 valence electrons. The Balaban J connectivity index is 2.23. The molecule has 1 heterocycles. The van der Waals surface area contributed by atoms with Gasteiger partial charge in [0.15, 0.2) is 5.78 Å². The van der Waals surface area contributed by atoms with Gasteiger partial charge in [0, 0.05) is 13.0 Å². The van der Waals surface area contributed by atoms with E-state index in [9.17, 15) is 14.0 Å². The summed E-state index contributed by atoms with van der Waals surface area (Å²) in [5, 5.41) is 0. The maximum atomic E-state index is 13.0. The summed E-state index contributed by atoms with van der Waals surface area (Å²) in [6.45, 7) is 5.65. The molecule has 0 N–H and O–H groups in total. The monoisotopic (exact) mass is 279 g/mol. The first-order valence-corrected chi connectivity index (χ1v) is 6.56. The molecule has 5 heteroatoms. The van der Waals surface area contributed by atoms with Crippen LogP contribution in [-0.4, -0.2) is 28.9 Å². The number of hydrogen-bond acceptors (Lipinski definition) is 3. The number of Topliss-reactive ketones (excluding diaryl/α,β-unsaturated/α-hetero) is 1. The van der Waals surface area contributed by atoms with Crippen molar-refractivity contribution >= 4 is 11.9 Å². The molecule has 0 spiro atoms. The van der Waals surface area contributed by atoms with E-state index in [4.69, 9.17) is 4.74 Å². The highest BCUT2D eigenvalue weighted by Crippen LogP contribution is 2.30. The van der Waals surface area contributed by atoms with Gasteiger partial charge in [-0.1, -0.05) is 12.1 Å². The van der Waals surface area contributed by atoms with E-state index in [1.54, 1.807) is 20.8 Å². The molecule has 1 amide bonds. The van der Waals surface area contributed by atoms with E-state index < -0.39 is 17.7 Å². The van der Waals surface area contributed by atoms with Crippen LogP contribution in [0.3, 0.4) is 0 Å². The summed E-state index contributed by atoms with van der Waals surface area (Å²) in [4.78, 5) is 25.5. The van der Waals surface area contributed by atoms with E-state index >= 15 is 0 Å². The Kier molecular flexibility index (Phi) is 3.79. The molecule has 0 radical (unpaired) electrons. The first kappa shape index (κ1) is 14.5. The second-order valence-corrected chi connectivity index (χ2v) is 5.84. The van der Waals surface area contributed by atoms with Crippen LogP contribution in [0.2, 0.25) is 0 Å². The van der Waals surface area contributed by atoms with Gasteiger partial charge >= 0.3 is 6.09 Å². The van der Waals surface area contributed by atoms with Crippen LogP contribution in [0.15, 0.2) is 24.3 Å². The van der Waals surface area contributed by atoms with E-state index in [-0.39, 0.29) is 11.6 Å². The zero-order valence-corrected chi connectivity index (χ0v) is 11.9. The highest BCUT2D eigenvalue weighted by atomic mass is 19.1.